The molecule has 0 aromatic heterocycles. The summed E-state index contributed by atoms with van der Waals surface area (Å²) in [6, 6.07) is 0. The minimum absolute atomic E-state index is 0.110. The van der Waals surface area contributed by atoms with Crippen molar-refractivity contribution in [3.05, 3.63) is 25.3 Å². The molecule has 0 aliphatic rings. The van der Waals surface area contributed by atoms with Gasteiger partial charge < -0.3 is 0 Å². The lowest BCUT2D eigenvalue weighted by Gasteiger charge is -2.05. The van der Waals surface area contributed by atoms with E-state index in [4.69, 9.17) is 0 Å². The van der Waals surface area contributed by atoms with Crippen molar-refractivity contribution >= 4 is 11.8 Å². The Balaban J connectivity index is 3.37. The van der Waals surface area contributed by atoms with E-state index in [1.807, 2.05) is 12.2 Å². The predicted octanol–water partition coefficient (Wildman–Crippen LogP) is 6.24. The molecule has 0 aromatic carbocycles. The van der Waals surface area contributed by atoms with Crippen molar-refractivity contribution in [2.24, 2.45) is 0 Å². The quantitative estimate of drug-likeness (QED) is 0.235. The molecule has 0 saturated heterocycles. The van der Waals surface area contributed by atoms with Crippen LogP contribution in [-0.4, -0.2) is 11.8 Å². The number of rotatable bonds is 18. The summed E-state index contributed by atoms with van der Waals surface area (Å²) in [6.07, 6.45) is 20.7. The van der Waals surface area contributed by atoms with Crippen molar-refractivity contribution < 1.29 is 9.59 Å². The number of hydrogen-bond donors (Lipinski definition) is 1. The van der Waals surface area contributed by atoms with Crippen molar-refractivity contribution in [1.82, 2.24) is 5.32 Å². The number of carbonyl (C=O) groups is 2. The molecule has 1 N–H and O–H groups in total. The first kappa shape index (κ1) is 23.6. The van der Waals surface area contributed by atoms with E-state index in [-0.39, 0.29) is 11.8 Å². The molecule has 0 unspecified atom stereocenters. The lowest BCUT2D eigenvalue weighted by Crippen LogP contribution is -2.29. The largest absolute Gasteiger partial charge is 0.296 e. The molecular formula is C22H39NO2. The zero-order valence-corrected chi connectivity index (χ0v) is 16.2. The van der Waals surface area contributed by atoms with Crippen LogP contribution in [-0.2, 0) is 9.59 Å². The second-order valence-corrected chi connectivity index (χ2v) is 6.87. The predicted molar refractivity (Wildman–Crippen MR) is 107 cm³/mol. The minimum Gasteiger partial charge on any atom is -0.296 e. The highest BCUT2D eigenvalue weighted by molar-refractivity contribution is 5.95. The van der Waals surface area contributed by atoms with E-state index in [1.165, 1.54) is 51.4 Å². The van der Waals surface area contributed by atoms with Crippen LogP contribution in [0.25, 0.3) is 0 Å². The third-order valence-electron chi connectivity index (χ3n) is 4.40. The maximum atomic E-state index is 11.7. The Morgan fingerprint density at radius 1 is 0.560 bits per heavy atom. The molecular weight excluding hydrogens is 310 g/mol. The molecule has 0 rings (SSSR count). The fourth-order valence-corrected chi connectivity index (χ4v) is 2.84. The maximum absolute atomic E-state index is 11.7. The van der Waals surface area contributed by atoms with E-state index in [0.29, 0.717) is 12.8 Å². The molecule has 144 valence electrons. The van der Waals surface area contributed by atoms with Crippen LogP contribution in [0.5, 0.6) is 0 Å². The average Bonchev–Trinajstić information content (AvgIpc) is 2.59. The molecule has 3 nitrogen and oxygen atoms in total. The third kappa shape index (κ3) is 18.8. The maximum Gasteiger partial charge on any atom is 0.226 e. The summed E-state index contributed by atoms with van der Waals surface area (Å²) in [7, 11) is 0. The van der Waals surface area contributed by atoms with Gasteiger partial charge in [-0.1, -0.05) is 63.5 Å². The molecule has 0 heterocycles. The fraction of sp³-hybridized carbons (Fsp3) is 0.727. The highest BCUT2D eigenvalue weighted by atomic mass is 16.2. The van der Waals surface area contributed by atoms with E-state index in [0.717, 1.165) is 38.5 Å². The van der Waals surface area contributed by atoms with Gasteiger partial charge in [-0.05, 0) is 38.5 Å². The standard InChI is InChI=1S/C22H39NO2/c1-3-5-7-9-11-13-15-17-19-21(24)23-22(25)20-18-16-14-12-10-8-6-4-2/h3-4H,1-2,5-20H2,(H,23,24,25). The van der Waals surface area contributed by atoms with Crippen molar-refractivity contribution in [1.29, 1.82) is 0 Å². The van der Waals surface area contributed by atoms with Crippen molar-refractivity contribution in [3.8, 4) is 0 Å². The van der Waals surface area contributed by atoms with E-state index in [9.17, 15) is 9.59 Å². The topological polar surface area (TPSA) is 46.2 Å². The van der Waals surface area contributed by atoms with Gasteiger partial charge >= 0.3 is 0 Å². The van der Waals surface area contributed by atoms with E-state index < -0.39 is 0 Å². The van der Waals surface area contributed by atoms with E-state index >= 15 is 0 Å². The molecule has 0 saturated carbocycles. The van der Waals surface area contributed by atoms with Gasteiger partial charge in [-0.15, -0.1) is 13.2 Å². The Kier molecular flexibility index (Phi) is 17.9. The second-order valence-electron chi connectivity index (χ2n) is 6.87. The Bertz CT molecular complexity index is 329. The van der Waals surface area contributed by atoms with Crippen LogP contribution in [0.1, 0.15) is 103 Å². The van der Waals surface area contributed by atoms with Crippen LogP contribution in [0.2, 0.25) is 0 Å². The molecule has 3 heteroatoms. The highest BCUT2D eigenvalue weighted by Crippen LogP contribution is 2.10. The van der Waals surface area contributed by atoms with Crippen LogP contribution in [0.15, 0.2) is 25.3 Å². The first-order chi connectivity index (χ1) is 12.2. The highest BCUT2D eigenvalue weighted by Gasteiger charge is 2.07. The molecule has 25 heavy (non-hydrogen) atoms. The molecule has 2 amide bonds. The summed E-state index contributed by atoms with van der Waals surface area (Å²) >= 11 is 0. The zero-order chi connectivity index (χ0) is 18.6. The average molecular weight is 350 g/mol. The van der Waals surface area contributed by atoms with Gasteiger partial charge in [-0.25, -0.2) is 0 Å². The van der Waals surface area contributed by atoms with Gasteiger partial charge in [-0.3, -0.25) is 14.9 Å². The smallest absolute Gasteiger partial charge is 0.226 e. The van der Waals surface area contributed by atoms with Crippen molar-refractivity contribution in [3.63, 3.8) is 0 Å². The van der Waals surface area contributed by atoms with Crippen molar-refractivity contribution in [2.75, 3.05) is 0 Å². The number of hydrogen-bond acceptors (Lipinski definition) is 2. The third-order valence-corrected chi connectivity index (χ3v) is 4.40. The summed E-state index contributed by atoms with van der Waals surface area (Å²) in [5.41, 5.74) is 0. The number of allylic oxidation sites excluding steroid dienone is 2. The van der Waals surface area contributed by atoms with E-state index in [2.05, 4.69) is 18.5 Å². The summed E-state index contributed by atoms with van der Waals surface area (Å²) in [5.74, 6) is -0.220. The molecule has 0 aliphatic heterocycles. The summed E-state index contributed by atoms with van der Waals surface area (Å²) < 4.78 is 0. The fourth-order valence-electron chi connectivity index (χ4n) is 2.84. The van der Waals surface area contributed by atoms with Crippen LogP contribution in [0.3, 0.4) is 0 Å². The second kappa shape index (κ2) is 19.0. The van der Waals surface area contributed by atoms with Gasteiger partial charge in [0.2, 0.25) is 11.8 Å². The Morgan fingerprint density at radius 3 is 1.24 bits per heavy atom. The van der Waals surface area contributed by atoms with Gasteiger partial charge in [0.25, 0.3) is 0 Å². The molecule has 0 spiro atoms. The molecule has 0 radical (unpaired) electrons. The molecule has 0 bridgehead atoms. The molecule has 0 aromatic rings. The summed E-state index contributed by atoms with van der Waals surface area (Å²) in [5, 5.41) is 2.52. The Labute approximate surface area is 155 Å². The number of imide groups is 1. The first-order valence-corrected chi connectivity index (χ1v) is 10.2. The summed E-state index contributed by atoms with van der Waals surface area (Å²) in [6.45, 7) is 7.43. The SMILES string of the molecule is C=CCCCCCCCCC(=O)NC(=O)CCCCCCCCC=C. The van der Waals surface area contributed by atoms with Gasteiger partial charge in [0.15, 0.2) is 0 Å². The van der Waals surface area contributed by atoms with Gasteiger partial charge in [-0.2, -0.15) is 0 Å². The molecule has 0 aliphatic carbocycles. The van der Waals surface area contributed by atoms with Crippen LogP contribution < -0.4 is 5.32 Å². The Morgan fingerprint density at radius 2 is 0.880 bits per heavy atom. The number of amides is 2. The van der Waals surface area contributed by atoms with Gasteiger partial charge in [0.1, 0.15) is 0 Å². The van der Waals surface area contributed by atoms with Gasteiger partial charge in [0, 0.05) is 12.8 Å². The summed E-state index contributed by atoms with van der Waals surface area (Å²) in [4.78, 5) is 23.4. The lowest BCUT2D eigenvalue weighted by atomic mass is 10.1. The lowest BCUT2D eigenvalue weighted by molar-refractivity contribution is -0.130. The van der Waals surface area contributed by atoms with Crippen LogP contribution in [0, 0.1) is 0 Å². The molecule has 0 atom stereocenters. The van der Waals surface area contributed by atoms with Crippen molar-refractivity contribution in [2.45, 2.75) is 103 Å². The number of unbranched alkanes of at least 4 members (excludes halogenated alkanes) is 12. The number of carbonyl (C=O) groups excluding carboxylic acids is 2. The minimum atomic E-state index is -0.110. The first-order valence-electron chi connectivity index (χ1n) is 10.2. The molecule has 0 fully saturated rings. The normalized spacial score (nSPS) is 10.4. The zero-order valence-electron chi connectivity index (χ0n) is 16.2. The Hall–Kier alpha value is -1.38. The van der Waals surface area contributed by atoms with Crippen LogP contribution >= 0.6 is 0 Å². The van der Waals surface area contributed by atoms with E-state index in [1.54, 1.807) is 0 Å². The number of nitrogens with one attached hydrogen (secondary N) is 1. The monoisotopic (exact) mass is 349 g/mol. The van der Waals surface area contributed by atoms with Gasteiger partial charge in [0.05, 0.1) is 0 Å². The van der Waals surface area contributed by atoms with Crippen LogP contribution in [0.4, 0.5) is 0 Å².